The molecule has 0 aromatic carbocycles. The molecule has 0 saturated carbocycles. The van der Waals surface area contributed by atoms with Crippen LogP contribution in [0.25, 0.3) is 0 Å². The second-order valence-corrected chi connectivity index (χ2v) is 8.79. The Balaban J connectivity index is 4.31. The number of hydrogen-bond acceptors (Lipinski definition) is 4. The summed E-state index contributed by atoms with van der Waals surface area (Å²) >= 11 is 0. The van der Waals surface area contributed by atoms with Crippen molar-refractivity contribution in [1.82, 2.24) is 0 Å². The maximum absolute atomic E-state index is 11.3. The molecule has 1 unspecified atom stereocenters. The van der Waals surface area contributed by atoms with E-state index < -0.39 is 15.6 Å². The van der Waals surface area contributed by atoms with Crippen LogP contribution >= 0.6 is 15.6 Å². The van der Waals surface area contributed by atoms with Crippen LogP contribution in [0, 0.1) is 0 Å². The average molecular weight is 396 g/mol. The molecule has 0 spiro atoms. The summed E-state index contributed by atoms with van der Waals surface area (Å²) in [5, 5.41) is 0. The van der Waals surface area contributed by atoms with Gasteiger partial charge in [0.15, 0.2) is 0 Å². The number of phosphoric acid groups is 2. The molecule has 9 heteroatoms. The Labute approximate surface area is 150 Å². The average Bonchev–Trinajstić information content (AvgIpc) is 2.42. The van der Waals surface area contributed by atoms with Crippen molar-refractivity contribution in [3.63, 3.8) is 0 Å². The lowest BCUT2D eigenvalue weighted by Gasteiger charge is -2.11. The van der Waals surface area contributed by atoms with E-state index in [1.54, 1.807) is 6.08 Å². The van der Waals surface area contributed by atoms with Gasteiger partial charge in [0.05, 0.1) is 6.61 Å². The highest BCUT2D eigenvalue weighted by Gasteiger charge is 2.31. The Hall–Kier alpha value is -0.520. The first-order chi connectivity index (χ1) is 11.4. The molecule has 0 radical (unpaired) electrons. The largest absolute Gasteiger partial charge is 0.481 e. The SMILES string of the molecule is CC/C(=C\CC/C(C)=C/COP(=O)(O)OP(=O)(O)O)CCC=C(C)C. The molecule has 0 aliphatic rings. The van der Waals surface area contributed by atoms with Gasteiger partial charge in [0.2, 0.25) is 0 Å². The summed E-state index contributed by atoms with van der Waals surface area (Å²) in [5.41, 5.74) is 3.67. The molecular formula is C16H30O7P2. The van der Waals surface area contributed by atoms with Crippen LogP contribution < -0.4 is 0 Å². The predicted molar refractivity (Wildman–Crippen MR) is 98.9 cm³/mol. The van der Waals surface area contributed by atoms with E-state index in [0.717, 1.165) is 37.7 Å². The van der Waals surface area contributed by atoms with Gasteiger partial charge >= 0.3 is 15.6 Å². The molecule has 0 bridgehead atoms. The Kier molecular flexibility index (Phi) is 11.7. The molecule has 25 heavy (non-hydrogen) atoms. The summed E-state index contributed by atoms with van der Waals surface area (Å²) < 4.78 is 30.0. The summed E-state index contributed by atoms with van der Waals surface area (Å²) in [6, 6.07) is 0. The van der Waals surface area contributed by atoms with Crippen LogP contribution in [-0.2, 0) is 18.0 Å². The predicted octanol–water partition coefficient (Wildman–Crippen LogP) is 5.02. The fourth-order valence-electron chi connectivity index (χ4n) is 2.01. The van der Waals surface area contributed by atoms with E-state index >= 15 is 0 Å². The highest BCUT2D eigenvalue weighted by atomic mass is 31.3. The Morgan fingerprint density at radius 3 is 2.08 bits per heavy atom. The van der Waals surface area contributed by atoms with Gasteiger partial charge in [0.25, 0.3) is 0 Å². The molecule has 0 fully saturated rings. The zero-order valence-corrected chi connectivity index (χ0v) is 17.1. The zero-order valence-electron chi connectivity index (χ0n) is 15.3. The highest BCUT2D eigenvalue weighted by molar-refractivity contribution is 7.60. The minimum Gasteiger partial charge on any atom is -0.302 e. The van der Waals surface area contributed by atoms with E-state index in [1.807, 2.05) is 6.92 Å². The van der Waals surface area contributed by atoms with Crippen LogP contribution in [0.15, 0.2) is 34.9 Å². The molecule has 0 aromatic heterocycles. The van der Waals surface area contributed by atoms with Gasteiger partial charge < -0.3 is 14.7 Å². The Morgan fingerprint density at radius 1 is 0.960 bits per heavy atom. The molecule has 0 aliphatic heterocycles. The van der Waals surface area contributed by atoms with Gasteiger partial charge in [-0.1, -0.05) is 41.9 Å². The van der Waals surface area contributed by atoms with Gasteiger partial charge in [0.1, 0.15) is 0 Å². The third-order valence-corrected chi connectivity index (χ3v) is 5.47. The van der Waals surface area contributed by atoms with Crippen molar-refractivity contribution in [2.24, 2.45) is 0 Å². The third-order valence-electron chi connectivity index (χ3n) is 3.32. The fourth-order valence-corrected chi connectivity index (χ4v) is 3.53. The molecular weight excluding hydrogens is 366 g/mol. The van der Waals surface area contributed by atoms with Gasteiger partial charge in [-0.05, 0) is 52.9 Å². The maximum atomic E-state index is 11.3. The van der Waals surface area contributed by atoms with Crippen molar-refractivity contribution in [2.75, 3.05) is 6.61 Å². The lowest BCUT2D eigenvalue weighted by molar-refractivity contribution is 0.191. The zero-order chi connectivity index (χ0) is 19.5. The van der Waals surface area contributed by atoms with Gasteiger partial charge in [-0.25, -0.2) is 9.13 Å². The normalized spacial score (nSPS) is 15.8. The van der Waals surface area contributed by atoms with E-state index in [9.17, 15) is 9.13 Å². The van der Waals surface area contributed by atoms with Crippen LogP contribution in [0.3, 0.4) is 0 Å². The molecule has 0 rings (SSSR count). The van der Waals surface area contributed by atoms with Crippen molar-refractivity contribution < 1.29 is 32.6 Å². The molecule has 0 heterocycles. The second kappa shape index (κ2) is 12.0. The first kappa shape index (κ1) is 24.5. The van der Waals surface area contributed by atoms with Gasteiger partial charge in [0, 0.05) is 0 Å². The molecule has 146 valence electrons. The van der Waals surface area contributed by atoms with Crippen LogP contribution in [0.2, 0.25) is 0 Å². The monoisotopic (exact) mass is 396 g/mol. The molecule has 0 saturated heterocycles. The maximum Gasteiger partial charge on any atom is 0.481 e. The number of phosphoric ester groups is 1. The number of allylic oxidation sites excluding steroid dienone is 5. The molecule has 7 nitrogen and oxygen atoms in total. The van der Waals surface area contributed by atoms with Crippen molar-refractivity contribution >= 4 is 15.6 Å². The minimum atomic E-state index is -5.07. The van der Waals surface area contributed by atoms with E-state index in [1.165, 1.54) is 11.1 Å². The van der Waals surface area contributed by atoms with Crippen molar-refractivity contribution in [3.05, 3.63) is 34.9 Å². The smallest absolute Gasteiger partial charge is 0.302 e. The quantitative estimate of drug-likeness (QED) is 0.313. The van der Waals surface area contributed by atoms with Crippen LogP contribution in [0.4, 0.5) is 0 Å². The highest BCUT2D eigenvalue weighted by Crippen LogP contribution is 2.57. The van der Waals surface area contributed by atoms with E-state index in [2.05, 4.69) is 41.8 Å². The Bertz CT molecular complexity index is 583. The van der Waals surface area contributed by atoms with Crippen LogP contribution in [0.1, 0.15) is 59.8 Å². The second-order valence-electron chi connectivity index (χ2n) is 5.96. The lowest BCUT2D eigenvalue weighted by atomic mass is 10.0. The summed E-state index contributed by atoms with van der Waals surface area (Å²) in [4.78, 5) is 26.1. The number of rotatable bonds is 12. The van der Waals surface area contributed by atoms with Crippen molar-refractivity contribution in [1.29, 1.82) is 0 Å². The first-order valence-electron chi connectivity index (χ1n) is 8.16. The van der Waals surface area contributed by atoms with Gasteiger partial charge in [-0.15, -0.1) is 0 Å². The summed E-state index contributed by atoms with van der Waals surface area (Å²) in [7, 11) is -9.83. The van der Waals surface area contributed by atoms with E-state index in [4.69, 9.17) is 14.7 Å². The third kappa shape index (κ3) is 15.5. The molecule has 0 aliphatic carbocycles. The number of hydrogen-bond donors (Lipinski definition) is 3. The van der Waals surface area contributed by atoms with E-state index in [-0.39, 0.29) is 6.61 Å². The van der Waals surface area contributed by atoms with Gasteiger partial charge in [-0.3, -0.25) is 4.52 Å². The first-order valence-corrected chi connectivity index (χ1v) is 11.2. The van der Waals surface area contributed by atoms with Crippen LogP contribution in [0.5, 0.6) is 0 Å². The fraction of sp³-hybridized carbons (Fsp3) is 0.625. The molecule has 1 atom stereocenters. The lowest BCUT2D eigenvalue weighted by Crippen LogP contribution is -1.94. The molecule has 0 amide bonds. The van der Waals surface area contributed by atoms with Gasteiger partial charge in [-0.2, -0.15) is 4.31 Å². The Morgan fingerprint density at radius 2 is 1.56 bits per heavy atom. The summed E-state index contributed by atoms with van der Waals surface area (Å²) in [5.74, 6) is 0. The van der Waals surface area contributed by atoms with Crippen molar-refractivity contribution in [3.8, 4) is 0 Å². The standard InChI is InChI=1S/C16H30O7P2/c1-5-16(10-6-8-14(2)3)11-7-9-15(4)12-13-22-25(20,21)23-24(17,18)19/h8,11-12H,5-7,9-10,13H2,1-4H3,(H,20,21)(H2,17,18,19)/b15-12+,16-11+. The minimum absolute atomic E-state index is 0.259. The topological polar surface area (TPSA) is 113 Å². The molecule has 3 N–H and O–H groups in total. The van der Waals surface area contributed by atoms with Crippen LogP contribution in [-0.4, -0.2) is 21.3 Å². The summed E-state index contributed by atoms with van der Waals surface area (Å²) in [6.45, 7) is 7.90. The van der Waals surface area contributed by atoms with Crippen molar-refractivity contribution in [2.45, 2.75) is 59.8 Å². The summed E-state index contributed by atoms with van der Waals surface area (Å²) in [6.07, 6.45) is 10.7. The molecule has 0 aromatic rings. The van der Waals surface area contributed by atoms with E-state index in [0.29, 0.717) is 0 Å².